The summed E-state index contributed by atoms with van der Waals surface area (Å²) in [7, 11) is 0. The van der Waals surface area contributed by atoms with Crippen molar-refractivity contribution in [3.05, 3.63) is 18.7 Å². The van der Waals surface area contributed by atoms with Crippen molar-refractivity contribution >= 4 is 5.78 Å². The van der Waals surface area contributed by atoms with Crippen LogP contribution in [0, 0.1) is 0 Å². The molecule has 1 aliphatic carbocycles. The standard InChI is InChI=1S/C9H12N2O/c1-8(12)9(3-2-4-9)11-6-5-10-7-11/h5-7H,2-4H2,1H3. The molecule has 0 spiro atoms. The van der Waals surface area contributed by atoms with E-state index in [0.717, 1.165) is 19.3 Å². The van der Waals surface area contributed by atoms with Gasteiger partial charge in [-0.15, -0.1) is 0 Å². The van der Waals surface area contributed by atoms with Crippen molar-refractivity contribution < 1.29 is 4.79 Å². The van der Waals surface area contributed by atoms with Gasteiger partial charge in [-0.1, -0.05) is 0 Å². The van der Waals surface area contributed by atoms with Gasteiger partial charge in [-0.25, -0.2) is 4.98 Å². The van der Waals surface area contributed by atoms with Gasteiger partial charge in [0.1, 0.15) is 5.54 Å². The molecule has 12 heavy (non-hydrogen) atoms. The molecule has 0 aliphatic heterocycles. The van der Waals surface area contributed by atoms with Gasteiger partial charge in [0, 0.05) is 12.4 Å². The molecule has 1 saturated carbocycles. The Morgan fingerprint density at radius 1 is 1.58 bits per heavy atom. The molecular weight excluding hydrogens is 152 g/mol. The number of imidazole rings is 1. The maximum atomic E-state index is 11.4. The highest BCUT2D eigenvalue weighted by atomic mass is 16.1. The zero-order valence-electron chi connectivity index (χ0n) is 7.16. The van der Waals surface area contributed by atoms with Crippen LogP contribution in [-0.4, -0.2) is 15.3 Å². The van der Waals surface area contributed by atoms with Crippen molar-refractivity contribution in [3.63, 3.8) is 0 Å². The largest absolute Gasteiger partial charge is 0.324 e. The Balaban J connectivity index is 2.35. The first-order valence-electron chi connectivity index (χ1n) is 4.25. The fourth-order valence-electron chi connectivity index (χ4n) is 1.82. The molecule has 1 aromatic rings. The number of carbonyl (C=O) groups excluding carboxylic acids is 1. The summed E-state index contributed by atoms with van der Waals surface area (Å²) in [6.07, 6.45) is 8.43. The fraction of sp³-hybridized carbons (Fsp3) is 0.556. The van der Waals surface area contributed by atoms with Gasteiger partial charge in [0.15, 0.2) is 5.78 Å². The summed E-state index contributed by atoms with van der Waals surface area (Å²) in [5, 5.41) is 0. The average Bonchev–Trinajstić information content (AvgIpc) is 2.35. The number of rotatable bonds is 2. The van der Waals surface area contributed by atoms with Crippen LogP contribution in [0.25, 0.3) is 0 Å². The number of hydrogen-bond donors (Lipinski definition) is 0. The van der Waals surface area contributed by atoms with Crippen LogP contribution in [0.1, 0.15) is 26.2 Å². The Morgan fingerprint density at radius 3 is 2.67 bits per heavy atom. The Kier molecular flexibility index (Phi) is 1.53. The molecule has 1 heterocycles. The number of nitrogens with zero attached hydrogens (tertiary/aromatic N) is 2. The van der Waals surface area contributed by atoms with Crippen LogP contribution < -0.4 is 0 Å². The molecule has 0 N–H and O–H groups in total. The first-order valence-corrected chi connectivity index (χ1v) is 4.25. The van der Waals surface area contributed by atoms with E-state index in [-0.39, 0.29) is 11.3 Å². The van der Waals surface area contributed by atoms with Crippen molar-refractivity contribution in [3.8, 4) is 0 Å². The van der Waals surface area contributed by atoms with Gasteiger partial charge in [-0.2, -0.15) is 0 Å². The third-order valence-corrected chi connectivity index (χ3v) is 2.83. The quantitative estimate of drug-likeness (QED) is 0.661. The molecule has 0 aromatic carbocycles. The molecule has 64 valence electrons. The van der Waals surface area contributed by atoms with Gasteiger partial charge in [0.05, 0.1) is 6.33 Å². The summed E-state index contributed by atoms with van der Waals surface area (Å²) in [5.74, 6) is 0.256. The van der Waals surface area contributed by atoms with E-state index in [1.54, 1.807) is 19.4 Å². The van der Waals surface area contributed by atoms with Crippen molar-refractivity contribution in [1.29, 1.82) is 0 Å². The lowest BCUT2D eigenvalue weighted by Gasteiger charge is -2.40. The second-order valence-electron chi connectivity index (χ2n) is 3.41. The lowest BCUT2D eigenvalue weighted by Crippen LogP contribution is -2.46. The molecule has 1 aliphatic rings. The zero-order chi connectivity index (χ0) is 8.60. The molecule has 0 radical (unpaired) electrons. The van der Waals surface area contributed by atoms with Crippen LogP contribution in [-0.2, 0) is 10.3 Å². The predicted molar refractivity (Wildman–Crippen MR) is 44.7 cm³/mol. The number of Topliss-reactive ketones (excluding diaryl/α,β-unsaturated/α-hetero) is 1. The van der Waals surface area contributed by atoms with Crippen molar-refractivity contribution in [2.45, 2.75) is 31.7 Å². The van der Waals surface area contributed by atoms with E-state index in [4.69, 9.17) is 0 Å². The summed E-state index contributed by atoms with van der Waals surface area (Å²) in [6.45, 7) is 1.67. The molecule has 2 rings (SSSR count). The molecule has 0 unspecified atom stereocenters. The van der Waals surface area contributed by atoms with Crippen molar-refractivity contribution in [2.75, 3.05) is 0 Å². The second-order valence-corrected chi connectivity index (χ2v) is 3.41. The van der Waals surface area contributed by atoms with Crippen LogP contribution in [0.3, 0.4) is 0 Å². The van der Waals surface area contributed by atoms with Crippen molar-refractivity contribution in [1.82, 2.24) is 9.55 Å². The third kappa shape index (κ3) is 0.823. The van der Waals surface area contributed by atoms with Crippen molar-refractivity contribution in [2.24, 2.45) is 0 Å². The molecule has 1 fully saturated rings. The number of aromatic nitrogens is 2. The van der Waals surface area contributed by atoms with Gasteiger partial charge >= 0.3 is 0 Å². The van der Waals surface area contributed by atoms with Gasteiger partial charge in [0.2, 0.25) is 0 Å². The number of ketones is 1. The van der Waals surface area contributed by atoms with E-state index in [1.165, 1.54) is 0 Å². The van der Waals surface area contributed by atoms with Gasteiger partial charge < -0.3 is 4.57 Å². The summed E-state index contributed by atoms with van der Waals surface area (Å²) in [4.78, 5) is 15.4. The monoisotopic (exact) mass is 164 g/mol. The van der Waals surface area contributed by atoms with E-state index in [0.29, 0.717) is 0 Å². The highest BCUT2D eigenvalue weighted by Gasteiger charge is 2.42. The molecule has 0 amide bonds. The summed E-state index contributed by atoms with van der Waals surface area (Å²) in [6, 6.07) is 0. The van der Waals surface area contributed by atoms with E-state index in [2.05, 4.69) is 4.98 Å². The Labute approximate surface area is 71.4 Å². The topological polar surface area (TPSA) is 34.9 Å². The zero-order valence-corrected chi connectivity index (χ0v) is 7.16. The SMILES string of the molecule is CC(=O)C1(n2ccnc2)CCC1. The Morgan fingerprint density at radius 2 is 2.33 bits per heavy atom. The van der Waals surface area contributed by atoms with Crippen LogP contribution in [0.5, 0.6) is 0 Å². The average molecular weight is 164 g/mol. The van der Waals surface area contributed by atoms with E-state index < -0.39 is 0 Å². The maximum absolute atomic E-state index is 11.4. The number of carbonyl (C=O) groups is 1. The van der Waals surface area contributed by atoms with Gasteiger partial charge in [-0.05, 0) is 26.2 Å². The minimum absolute atomic E-state index is 0.240. The maximum Gasteiger partial charge on any atom is 0.155 e. The van der Waals surface area contributed by atoms with E-state index in [1.807, 2.05) is 10.8 Å². The van der Waals surface area contributed by atoms with Gasteiger partial charge in [0.25, 0.3) is 0 Å². The predicted octanol–water partition coefficient (Wildman–Crippen LogP) is 1.35. The Bertz CT molecular complexity index is 285. The van der Waals surface area contributed by atoms with Crippen LogP contribution >= 0.6 is 0 Å². The van der Waals surface area contributed by atoms with Crippen LogP contribution in [0.2, 0.25) is 0 Å². The summed E-state index contributed by atoms with van der Waals surface area (Å²) >= 11 is 0. The highest BCUT2D eigenvalue weighted by molar-refractivity contribution is 5.85. The lowest BCUT2D eigenvalue weighted by molar-refractivity contribution is -0.129. The first-order chi connectivity index (χ1) is 5.76. The minimum atomic E-state index is -0.240. The molecule has 0 atom stereocenters. The highest BCUT2D eigenvalue weighted by Crippen LogP contribution is 2.39. The molecule has 0 saturated heterocycles. The summed E-state index contributed by atoms with van der Waals surface area (Å²) in [5.41, 5.74) is -0.240. The molecule has 3 nitrogen and oxygen atoms in total. The van der Waals surface area contributed by atoms with E-state index in [9.17, 15) is 4.79 Å². The smallest absolute Gasteiger partial charge is 0.155 e. The molecule has 1 aromatic heterocycles. The minimum Gasteiger partial charge on any atom is -0.324 e. The number of hydrogen-bond acceptors (Lipinski definition) is 2. The lowest BCUT2D eigenvalue weighted by atomic mass is 9.74. The van der Waals surface area contributed by atoms with Gasteiger partial charge in [-0.3, -0.25) is 4.79 Å². The van der Waals surface area contributed by atoms with Crippen LogP contribution in [0.15, 0.2) is 18.7 Å². The normalized spacial score (nSPS) is 20.1. The molecular formula is C9H12N2O. The van der Waals surface area contributed by atoms with Crippen LogP contribution in [0.4, 0.5) is 0 Å². The summed E-state index contributed by atoms with van der Waals surface area (Å²) < 4.78 is 1.94. The molecule has 3 heteroatoms. The Hall–Kier alpha value is -1.12. The second kappa shape index (κ2) is 2.44. The van der Waals surface area contributed by atoms with E-state index >= 15 is 0 Å². The molecule has 0 bridgehead atoms. The first kappa shape index (κ1) is 7.53. The third-order valence-electron chi connectivity index (χ3n) is 2.83. The fourth-order valence-corrected chi connectivity index (χ4v) is 1.82.